The van der Waals surface area contributed by atoms with E-state index in [4.69, 9.17) is 5.14 Å². The summed E-state index contributed by atoms with van der Waals surface area (Å²) in [5.74, 6) is -0.419. The first-order valence-electron chi connectivity index (χ1n) is 9.65. The number of anilines is 1. The van der Waals surface area contributed by atoms with Gasteiger partial charge in [0, 0.05) is 18.7 Å². The maximum absolute atomic E-state index is 12.8. The van der Waals surface area contributed by atoms with Gasteiger partial charge in [0.2, 0.25) is 21.8 Å². The lowest BCUT2D eigenvalue weighted by Gasteiger charge is -2.13. The van der Waals surface area contributed by atoms with Crippen molar-refractivity contribution in [2.75, 3.05) is 11.9 Å². The van der Waals surface area contributed by atoms with Gasteiger partial charge in [-0.05, 0) is 62.2 Å². The zero-order valence-electron chi connectivity index (χ0n) is 17.5. The Bertz CT molecular complexity index is 1140. The van der Waals surface area contributed by atoms with E-state index in [9.17, 15) is 18.0 Å². The van der Waals surface area contributed by atoms with E-state index in [2.05, 4.69) is 10.3 Å². The Morgan fingerprint density at radius 3 is 2.48 bits per heavy atom. The van der Waals surface area contributed by atoms with Crippen LogP contribution in [0.2, 0.25) is 0 Å². The lowest BCUT2D eigenvalue weighted by molar-refractivity contribution is -0.128. The summed E-state index contributed by atoms with van der Waals surface area (Å²) in [5, 5.41) is 7.89. The summed E-state index contributed by atoms with van der Waals surface area (Å²) in [6.07, 6.45) is 0.0246. The first-order chi connectivity index (χ1) is 14.6. The summed E-state index contributed by atoms with van der Waals surface area (Å²) in [5.41, 5.74) is 3.20. The highest BCUT2D eigenvalue weighted by molar-refractivity contribution is 8.15. The van der Waals surface area contributed by atoms with Crippen LogP contribution >= 0.6 is 11.8 Å². The van der Waals surface area contributed by atoms with Crippen LogP contribution in [-0.2, 0) is 19.6 Å². The number of aryl methyl sites for hydroxylation is 2. The summed E-state index contributed by atoms with van der Waals surface area (Å²) >= 11 is 1.22. The maximum Gasteiger partial charge on any atom is 0.242 e. The molecule has 1 heterocycles. The van der Waals surface area contributed by atoms with Crippen molar-refractivity contribution in [3.8, 4) is 0 Å². The fourth-order valence-corrected chi connectivity index (χ4v) is 4.81. The minimum Gasteiger partial charge on any atom is -0.326 e. The number of thioether (sulfide) groups is 1. The second-order valence-corrected chi connectivity index (χ2v) is 9.92. The molecule has 0 spiro atoms. The Balaban J connectivity index is 1.74. The molecular weight excluding hydrogens is 436 g/mol. The zero-order chi connectivity index (χ0) is 22.8. The zero-order valence-corrected chi connectivity index (χ0v) is 19.1. The number of rotatable bonds is 6. The SMILES string of the molecule is CCN1C(=O)[C@H](CC(=O)Nc2cc(C)ccc2C)SC1=Nc1ccc(S(N)(=O)=O)cc1. The van der Waals surface area contributed by atoms with Gasteiger partial charge in [-0.3, -0.25) is 14.5 Å². The van der Waals surface area contributed by atoms with Crippen LogP contribution in [0.25, 0.3) is 0 Å². The molecule has 2 aromatic carbocycles. The highest BCUT2D eigenvalue weighted by Gasteiger charge is 2.38. The largest absolute Gasteiger partial charge is 0.326 e. The van der Waals surface area contributed by atoms with Crippen molar-refractivity contribution < 1.29 is 18.0 Å². The van der Waals surface area contributed by atoms with Crippen LogP contribution in [0.15, 0.2) is 52.4 Å². The summed E-state index contributed by atoms with van der Waals surface area (Å²) < 4.78 is 22.8. The average molecular weight is 461 g/mol. The van der Waals surface area contributed by atoms with Gasteiger partial charge in [-0.15, -0.1) is 0 Å². The smallest absolute Gasteiger partial charge is 0.242 e. The van der Waals surface area contributed by atoms with Gasteiger partial charge in [0.05, 0.1) is 10.6 Å². The average Bonchev–Trinajstić information content (AvgIpc) is 2.98. The molecule has 0 bridgehead atoms. The molecule has 0 aliphatic carbocycles. The molecule has 1 aliphatic rings. The molecule has 1 saturated heterocycles. The van der Waals surface area contributed by atoms with Gasteiger partial charge < -0.3 is 5.32 Å². The van der Waals surface area contributed by atoms with E-state index in [1.807, 2.05) is 39.0 Å². The van der Waals surface area contributed by atoms with Crippen molar-refractivity contribution in [3.63, 3.8) is 0 Å². The number of amidine groups is 1. The second-order valence-electron chi connectivity index (χ2n) is 7.19. The molecule has 1 aliphatic heterocycles. The van der Waals surface area contributed by atoms with Crippen molar-refractivity contribution in [2.45, 2.75) is 37.3 Å². The third kappa shape index (κ3) is 5.52. The Morgan fingerprint density at radius 2 is 1.87 bits per heavy atom. The number of amides is 2. The number of primary sulfonamides is 1. The molecule has 31 heavy (non-hydrogen) atoms. The van der Waals surface area contributed by atoms with Crippen LogP contribution in [0.3, 0.4) is 0 Å². The number of sulfonamides is 1. The number of aliphatic imine (C=N–C) groups is 1. The molecule has 10 heteroatoms. The molecule has 3 rings (SSSR count). The Morgan fingerprint density at radius 1 is 1.19 bits per heavy atom. The molecule has 1 fully saturated rings. The molecular formula is C21H24N4O4S2. The van der Waals surface area contributed by atoms with Crippen molar-refractivity contribution in [3.05, 3.63) is 53.6 Å². The standard InChI is InChI=1S/C21H24N4O4S2/c1-4-25-20(27)18(12-19(26)24-17-11-13(2)5-6-14(17)3)30-21(25)23-15-7-9-16(10-8-15)31(22,28)29/h5-11,18H,4,12H2,1-3H3,(H,24,26)(H2,22,28,29)/t18-/m0/s1. The number of benzene rings is 2. The summed E-state index contributed by atoms with van der Waals surface area (Å²) in [6, 6.07) is 11.6. The predicted molar refractivity (Wildman–Crippen MR) is 123 cm³/mol. The molecule has 0 radical (unpaired) electrons. The Labute approximate surface area is 186 Å². The van der Waals surface area contributed by atoms with Crippen LogP contribution in [0, 0.1) is 13.8 Å². The number of hydrogen-bond acceptors (Lipinski definition) is 6. The molecule has 0 aromatic heterocycles. The number of carbonyl (C=O) groups excluding carboxylic acids is 2. The van der Waals surface area contributed by atoms with Gasteiger partial charge in [0.15, 0.2) is 5.17 Å². The van der Waals surface area contributed by atoms with Gasteiger partial charge in [-0.25, -0.2) is 18.5 Å². The molecule has 164 valence electrons. The third-order valence-corrected chi connectivity index (χ3v) is 6.87. The van der Waals surface area contributed by atoms with Gasteiger partial charge in [0.25, 0.3) is 0 Å². The van der Waals surface area contributed by atoms with E-state index in [1.165, 1.54) is 40.9 Å². The second kappa shape index (κ2) is 9.21. The highest BCUT2D eigenvalue weighted by Crippen LogP contribution is 2.32. The Kier molecular flexibility index (Phi) is 6.83. The van der Waals surface area contributed by atoms with Crippen LogP contribution in [0.4, 0.5) is 11.4 Å². The fourth-order valence-electron chi connectivity index (χ4n) is 3.08. The molecule has 0 unspecified atom stereocenters. The van der Waals surface area contributed by atoms with E-state index >= 15 is 0 Å². The maximum atomic E-state index is 12.8. The monoisotopic (exact) mass is 460 g/mol. The molecule has 2 aromatic rings. The Hall–Kier alpha value is -2.69. The van der Waals surface area contributed by atoms with Crippen molar-refractivity contribution in [1.82, 2.24) is 4.90 Å². The number of hydrogen-bond donors (Lipinski definition) is 2. The molecule has 1 atom stereocenters. The fraction of sp³-hybridized carbons (Fsp3) is 0.286. The number of nitrogens with two attached hydrogens (primary N) is 1. The number of nitrogens with one attached hydrogen (secondary N) is 1. The van der Waals surface area contributed by atoms with Crippen LogP contribution in [0.5, 0.6) is 0 Å². The predicted octanol–water partition coefficient (Wildman–Crippen LogP) is 2.93. The van der Waals surface area contributed by atoms with Crippen LogP contribution in [-0.4, -0.2) is 42.1 Å². The first-order valence-corrected chi connectivity index (χ1v) is 12.1. The minimum absolute atomic E-state index is 0.0139. The van der Waals surface area contributed by atoms with Crippen LogP contribution < -0.4 is 10.5 Å². The van der Waals surface area contributed by atoms with Crippen molar-refractivity contribution in [1.29, 1.82) is 0 Å². The summed E-state index contributed by atoms with van der Waals surface area (Å²) in [6.45, 7) is 6.10. The normalized spacial score (nSPS) is 17.9. The quantitative estimate of drug-likeness (QED) is 0.686. The van der Waals surface area contributed by atoms with E-state index in [1.54, 1.807) is 0 Å². The third-order valence-electron chi connectivity index (χ3n) is 4.76. The summed E-state index contributed by atoms with van der Waals surface area (Å²) in [4.78, 5) is 31.3. The van der Waals surface area contributed by atoms with E-state index < -0.39 is 15.3 Å². The van der Waals surface area contributed by atoms with Gasteiger partial charge in [0.1, 0.15) is 5.25 Å². The van der Waals surface area contributed by atoms with E-state index in [0.29, 0.717) is 17.4 Å². The van der Waals surface area contributed by atoms with Crippen molar-refractivity contribution >= 4 is 50.1 Å². The molecule has 0 saturated carbocycles. The van der Waals surface area contributed by atoms with E-state index in [0.717, 1.165) is 16.8 Å². The van der Waals surface area contributed by atoms with Gasteiger partial charge in [-0.2, -0.15) is 0 Å². The lowest BCUT2D eigenvalue weighted by Crippen LogP contribution is -2.33. The van der Waals surface area contributed by atoms with E-state index in [-0.39, 0.29) is 23.1 Å². The molecule has 2 amide bonds. The minimum atomic E-state index is -3.79. The molecule has 3 N–H and O–H groups in total. The number of nitrogens with zero attached hydrogens (tertiary/aromatic N) is 2. The van der Waals surface area contributed by atoms with Crippen molar-refractivity contribution in [2.24, 2.45) is 10.1 Å². The number of carbonyl (C=O) groups is 2. The lowest BCUT2D eigenvalue weighted by atomic mass is 10.1. The van der Waals surface area contributed by atoms with Gasteiger partial charge >= 0.3 is 0 Å². The highest BCUT2D eigenvalue weighted by atomic mass is 32.2. The topological polar surface area (TPSA) is 122 Å². The van der Waals surface area contributed by atoms with Crippen LogP contribution in [0.1, 0.15) is 24.5 Å². The molecule has 8 nitrogen and oxygen atoms in total. The summed E-state index contributed by atoms with van der Waals surface area (Å²) in [7, 11) is -3.79. The van der Waals surface area contributed by atoms with Gasteiger partial charge in [-0.1, -0.05) is 23.9 Å². The first kappa shape index (κ1) is 23.0.